The molecule has 0 amide bonds. The molecule has 1 saturated heterocycles. The maximum absolute atomic E-state index is 13.8. The number of hydrogen-bond acceptors (Lipinski definition) is 5. The summed E-state index contributed by atoms with van der Waals surface area (Å²) in [7, 11) is 0. The van der Waals surface area contributed by atoms with Crippen LogP contribution in [0.25, 0.3) is 11.3 Å². The molecule has 4 rings (SSSR count). The third-order valence-electron chi connectivity index (χ3n) is 4.46. The largest absolute Gasteiger partial charge is 0.340 e. The van der Waals surface area contributed by atoms with Crippen LogP contribution in [0.1, 0.15) is 18.2 Å². The first-order chi connectivity index (χ1) is 13.2. The summed E-state index contributed by atoms with van der Waals surface area (Å²) in [5, 5.41) is 6.20. The number of anilines is 2. The smallest absolute Gasteiger partial charge is 0.135 e. The van der Waals surface area contributed by atoms with Gasteiger partial charge in [-0.05, 0) is 36.8 Å². The summed E-state index contributed by atoms with van der Waals surface area (Å²) in [6, 6.07) is 11.7. The predicted octanol–water partition coefficient (Wildman–Crippen LogP) is 3.84. The van der Waals surface area contributed by atoms with Gasteiger partial charge in [-0.2, -0.15) is 0 Å². The van der Waals surface area contributed by atoms with E-state index < -0.39 is 6.17 Å². The van der Waals surface area contributed by atoms with Crippen LogP contribution in [0.15, 0.2) is 54.9 Å². The summed E-state index contributed by atoms with van der Waals surface area (Å²) in [6.45, 7) is 0.976. The lowest BCUT2D eigenvalue weighted by molar-refractivity contribution is 0.243. The second kappa shape index (κ2) is 7.75. The zero-order chi connectivity index (χ0) is 18.6. The molecule has 1 aromatic carbocycles. The number of alkyl halides is 1. The zero-order valence-corrected chi connectivity index (χ0v) is 14.6. The van der Waals surface area contributed by atoms with Crippen molar-refractivity contribution in [1.82, 2.24) is 20.3 Å². The Morgan fingerprint density at radius 1 is 1.07 bits per heavy atom. The van der Waals surface area contributed by atoms with Crippen LogP contribution >= 0.6 is 0 Å². The van der Waals surface area contributed by atoms with Crippen LogP contribution in [0.5, 0.6) is 0 Å². The minimum absolute atomic E-state index is 0.126. The van der Waals surface area contributed by atoms with E-state index in [1.807, 2.05) is 12.1 Å². The Hall–Kier alpha value is -2.93. The lowest BCUT2D eigenvalue weighted by Crippen LogP contribution is -2.36. The van der Waals surface area contributed by atoms with Gasteiger partial charge in [-0.3, -0.25) is 4.98 Å². The normalized spacial score (nSPS) is 19.6. The topological polar surface area (TPSA) is 62.7 Å². The molecule has 2 N–H and O–H groups in total. The molecule has 138 valence electrons. The van der Waals surface area contributed by atoms with Crippen molar-refractivity contribution < 1.29 is 8.78 Å². The highest BCUT2D eigenvalue weighted by Crippen LogP contribution is 2.28. The molecule has 0 radical (unpaired) electrons. The number of benzene rings is 1. The number of rotatable bonds is 4. The van der Waals surface area contributed by atoms with Crippen molar-refractivity contribution in [3.05, 3.63) is 66.5 Å². The molecule has 0 aliphatic carbocycles. The number of halogens is 2. The van der Waals surface area contributed by atoms with E-state index >= 15 is 0 Å². The van der Waals surface area contributed by atoms with Crippen LogP contribution in [0.4, 0.5) is 20.3 Å². The summed E-state index contributed by atoms with van der Waals surface area (Å²) in [4.78, 5) is 13.4. The fourth-order valence-electron chi connectivity index (χ4n) is 3.18. The summed E-state index contributed by atoms with van der Waals surface area (Å²) in [6.07, 6.45) is 2.86. The summed E-state index contributed by atoms with van der Waals surface area (Å²) in [5.74, 6) is 0.632. The monoisotopic (exact) mass is 367 g/mol. The molecule has 0 bridgehead atoms. The maximum atomic E-state index is 13.8. The van der Waals surface area contributed by atoms with Crippen molar-refractivity contribution >= 4 is 11.5 Å². The molecule has 1 fully saturated rings. The van der Waals surface area contributed by atoms with Gasteiger partial charge in [-0.15, -0.1) is 0 Å². The third kappa shape index (κ3) is 4.25. The molecule has 3 aromatic rings. The number of aromatic nitrogens is 3. The van der Waals surface area contributed by atoms with E-state index in [0.29, 0.717) is 42.5 Å². The van der Waals surface area contributed by atoms with Gasteiger partial charge in [0, 0.05) is 48.7 Å². The van der Waals surface area contributed by atoms with Crippen molar-refractivity contribution in [3.63, 3.8) is 0 Å². The summed E-state index contributed by atoms with van der Waals surface area (Å²) >= 11 is 0. The van der Waals surface area contributed by atoms with Crippen molar-refractivity contribution in [2.24, 2.45) is 0 Å². The molecule has 1 aliphatic heterocycles. The van der Waals surface area contributed by atoms with E-state index in [4.69, 9.17) is 0 Å². The highest BCUT2D eigenvalue weighted by Gasteiger charge is 2.25. The quantitative estimate of drug-likeness (QED) is 0.734. The Kier molecular flexibility index (Phi) is 5.02. The average molecular weight is 367 g/mol. The van der Waals surface area contributed by atoms with E-state index in [1.54, 1.807) is 30.6 Å². The minimum Gasteiger partial charge on any atom is -0.340 e. The molecule has 2 unspecified atom stereocenters. The van der Waals surface area contributed by atoms with Gasteiger partial charge in [0.1, 0.15) is 23.6 Å². The van der Waals surface area contributed by atoms with Gasteiger partial charge in [0.2, 0.25) is 0 Å². The number of pyridine rings is 1. The molecule has 2 aromatic heterocycles. The lowest BCUT2D eigenvalue weighted by Gasteiger charge is -2.25. The standard InChI is InChI=1S/C20H19F2N5/c21-15-4-1-5-17(8-15)25-19-9-18(13-3-2-6-23-10-13)26-20(27-19)14-7-16(22)12-24-11-14/h1-6,8-10,14,16,24H,7,11-12H2,(H,25,26,27). The van der Waals surface area contributed by atoms with Crippen LogP contribution in [-0.2, 0) is 0 Å². The van der Waals surface area contributed by atoms with E-state index in [0.717, 1.165) is 5.56 Å². The molecule has 7 heteroatoms. The zero-order valence-electron chi connectivity index (χ0n) is 14.6. The first kappa shape index (κ1) is 17.5. The first-order valence-corrected chi connectivity index (χ1v) is 8.84. The molecule has 5 nitrogen and oxygen atoms in total. The Morgan fingerprint density at radius 3 is 2.78 bits per heavy atom. The molecule has 0 spiro atoms. The van der Waals surface area contributed by atoms with Crippen LogP contribution in [0.3, 0.4) is 0 Å². The Morgan fingerprint density at radius 2 is 2.00 bits per heavy atom. The second-order valence-corrected chi connectivity index (χ2v) is 6.56. The van der Waals surface area contributed by atoms with Crippen LogP contribution < -0.4 is 10.6 Å². The molecule has 27 heavy (non-hydrogen) atoms. The van der Waals surface area contributed by atoms with Crippen molar-refractivity contribution in [3.8, 4) is 11.3 Å². The van der Waals surface area contributed by atoms with Gasteiger partial charge in [0.25, 0.3) is 0 Å². The Labute approximate surface area is 155 Å². The molecule has 2 atom stereocenters. The second-order valence-electron chi connectivity index (χ2n) is 6.56. The van der Waals surface area contributed by atoms with Gasteiger partial charge in [0.05, 0.1) is 5.69 Å². The van der Waals surface area contributed by atoms with Crippen LogP contribution in [0.2, 0.25) is 0 Å². The lowest BCUT2D eigenvalue weighted by atomic mass is 9.97. The third-order valence-corrected chi connectivity index (χ3v) is 4.46. The number of piperidine rings is 1. The summed E-state index contributed by atoms with van der Waals surface area (Å²) < 4.78 is 27.3. The number of nitrogens with one attached hydrogen (secondary N) is 2. The number of nitrogens with zero attached hydrogens (tertiary/aromatic N) is 3. The van der Waals surface area contributed by atoms with E-state index in [-0.39, 0.29) is 11.7 Å². The highest BCUT2D eigenvalue weighted by atomic mass is 19.1. The molecular weight excluding hydrogens is 348 g/mol. The van der Waals surface area contributed by atoms with Gasteiger partial charge < -0.3 is 10.6 Å². The maximum Gasteiger partial charge on any atom is 0.135 e. The van der Waals surface area contributed by atoms with Gasteiger partial charge in [-0.25, -0.2) is 18.7 Å². The predicted molar refractivity (Wildman–Crippen MR) is 100 cm³/mol. The summed E-state index contributed by atoms with van der Waals surface area (Å²) in [5.41, 5.74) is 2.11. The van der Waals surface area contributed by atoms with E-state index in [2.05, 4.69) is 25.6 Å². The fraction of sp³-hybridized carbons (Fsp3) is 0.250. The van der Waals surface area contributed by atoms with Crippen LogP contribution in [0, 0.1) is 5.82 Å². The molecule has 1 aliphatic rings. The van der Waals surface area contributed by atoms with Crippen molar-refractivity contribution in [1.29, 1.82) is 0 Å². The first-order valence-electron chi connectivity index (χ1n) is 8.84. The van der Waals surface area contributed by atoms with E-state index in [1.165, 1.54) is 12.1 Å². The van der Waals surface area contributed by atoms with Crippen molar-refractivity contribution in [2.75, 3.05) is 18.4 Å². The Balaban J connectivity index is 1.72. The fourth-order valence-corrected chi connectivity index (χ4v) is 3.18. The van der Waals surface area contributed by atoms with Gasteiger partial charge >= 0.3 is 0 Å². The average Bonchev–Trinajstić information content (AvgIpc) is 2.68. The molecule has 0 saturated carbocycles. The SMILES string of the molecule is Fc1cccc(Nc2cc(-c3cccnc3)nc(C3CNCC(F)C3)n2)c1. The highest BCUT2D eigenvalue weighted by molar-refractivity contribution is 5.65. The Bertz CT molecular complexity index is 919. The van der Waals surface area contributed by atoms with Crippen molar-refractivity contribution in [2.45, 2.75) is 18.5 Å². The number of hydrogen-bond donors (Lipinski definition) is 2. The van der Waals surface area contributed by atoms with E-state index in [9.17, 15) is 8.78 Å². The minimum atomic E-state index is -0.922. The van der Waals surface area contributed by atoms with Gasteiger partial charge in [-0.1, -0.05) is 6.07 Å². The molecule has 3 heterocycles. The van der Waals surface area contributed by atoms with Gasteiger partial charge in [0.15, 0.2) is 0 Å². The molecular formula is C20H19F2N5. The van der Waals surface area contributed by atoms with Crippen LogP contribution in [-0.4, -0.2) is 34.2 Å².